The van der Waals surface area contributed by atoms with Gasteiger partial charge in [-0.15, -0.1) is 0 Å². The van der Waals surface area contributed by atoms with Gasteiger partial charge in [0.2, 0.25) is 0 Å². The highest BCUT2D eigenvalue weighted by atomic mass is 16.5. The fourth-order valence-corrected chi connectivity index (χ4v) is 4.93. The Kier molecular flexibility index (Phi) is 12.7. The third kappa shape index (κ3) is 10.3. The normalized spacial score (nSPS) is 11.2. The number of carboxylic acid groups (broad SMARTS) is 1. The molecule has 4 aromatic rings. The molecule has 0 aliphatic rings. The van der Waals surface area contributed by atoms with Gasteiger partial charge < -0.3 is 40.6 Å². The van der Waals surface area contributed by atoms with Crippen LogP contribution in [0.4, 0.5) is 21.9 Å². The predicted molar refractivity (Wildman–Crippen MR) is 185 cm³/mol. The van der Waals surface area contributed by atoms with Crippen LogP contribution in [0.1, 0.15) is 39.6 Å². The Morgan fingerprint density at radius 1 is 0.796 bits per heavy atom. The van der Waals surface area contributed by atoms with Crippen LogP contribution >= 0.6 is 0 Å². The minimum Gasteiger partial charge on any atom is -0.495 e. The number of aryl methyl sites for hydroxylation is 1. The number of amides is 2. The fraction of sp³-hybridized carbons (Fsp3) is 0.250. The summed E-state index contributed by atoms with van der Waals surface area (Å²) in [6.07, 6.45) is 1.32. The van der Waals surface area contributed by atoms with Crippen molar-refractivity contribution in [3.63, 3.8) is 0 Å². The number of benzene rings is 3. The number of anilines is 3. The van der Waals surface area contributed by atoms with E-state index in [1.807, 2.05) is 25.1 Å². The number of hydrogen-bond donors (Lipinski definition) is 5. The summed E-state index contributed by atoms with van der Waals surface area (Å²) in [6.45, 7) is 1.78. The molecule has 5 N–H and O–H groups in total. The molecule has 1 heterocycles. The van der Waals surface area contributed by atoms with E-state index in [1.54, 1.807) is 54.6 Å². The van der Waals surface area contributed by atoms with Crippen LogP contribution in [-0.4, -0.2) is 68.1 Å². The van der Waals surface area contributed by atoms with E-state index in [4.69, 9.17) is 14.2 Å². The van der Waals surface area contributed by atoms with E-state index in [0.29, 0.717) is 51.1 Å². The van der Waals surface area contributed by atoms with Crippen LogP contribution in [0.3, 0.4) is 0 Å². The number of ether oxygens (including phenoxy) is 3. The molecule has 4 rings (SSSR count). The number of carbonyl (C=O) groups excluding carboxylic acids is 3. The van der Waals surface area contributed by atoms with Gasteiger partial charge in [-0.2, -0.15) is 0 Å². The summed E-state index contributed by atoms with van der Waals surface area (Å²) in [5, 5.41) is 21.1. The summed E-state index contributed by atoms with van der Waals surface area (Å²) >= 11 is 0. The lowest BCUT2D eigenvalue weighted by molar-refractivity contribution is -0.137. The van der Waals surface area contributed by atoms with Crippen LogP contribution in [0.5, 0.6) is 17.2 Å². The lowest BCUT2D eigenvalue weighted by atomic mass is 10.1. The van der Waals surface area contributed by atoms with Crippen LogP contribution in [0.15, 0.2) is 79.0 Å². The second-order valence-corrected chi connectivity index (χ2v) is 11.0. The molecule has 0 aliphatic heterocycles. The summed E-state index contributed by atoms with van der Waals surface area (Å²) in [5.41, 5.74) is 4.13. The Hall–Kier alpha value is -5.95. The maximum Gasteiger partial charge on any atom is 0.323 e. The number of hydrogen-bond acceptors (Lipinski definition) is 10. The first-order chi connectivity index (χ1) is 23.6. The number of carboxylic acids is 1. The number of Topliss-reactive ketones (excluding diaryl/α,β-unsaturated/α-hetero) is 2. The maximum absolute atomic E-state index is 12.8. The second-order valence-electron chi connectivity index (χ2n) is 11.0. The lowest BCUT2D eigenvalue weighted by Crippen LogP contribution is -2.30. The number of para-hydroxylation sites is 1. The number of nitrogens with one attached hydrogen (secondary N) is 4. The van der Waals surface area contributed by atoms with Gasteiger partial charge in [-0.25, -0.2) is 4.79 Å². The highest BCUT2D eigenvalue weighted by molar-refractivity contribution is 6.01. The summed E-state index contributed by atoms with van der Waals surface area (Å²) in [6, 6.07) is 19.5. The maximum atomic E-state index is 12.8. The molecule has 0 saturated carbocycles. The monoisotopic (exact) mass is 669 g/mol. The topological polar surface area (TPSA) is 177 Å². The van der Waals surface area contributed by atoms with Crippen LogP contribution in [0.2, 0.25) is 0 Å². The molecule has 1 aromatic heterocycles. The SMILES string of the molecule is COc1cc(CC(=O)CNc2ccc(C(CC(=O)O)NCC(=O)c3ccc(OC)c(OC)c3)nc2)ccc1NC(=O)Nc1ccccc1C. The number of aromatic nitrogens is 1. The third-order valence-electron chi connectivity index (χ3n) is 7.54. The van der Waals surface area contributed by atoms with Crippen LogP contribution in [0.25, 0.3) is 0 Å². The number of urea groups is 1. The zero-order valence-electron chi connectivity index (χ0n) is 27.7. The van der Waals surface area contributed by atoms with Gasteiger partial charge in [0.05, 0.1) is 70.1 Å². The largest absolute Gasteiger partial charge is 0.495 e. The minimum absolute atomic E-state index is 0.0127. The molecule has 256 valence electrons. The first-order valence-electron chi connectivity index (χ1n) is 15.3. The number of nitrogens with zero attached hydrogens (tertiary/aromatic N) is 1. The van der Waals surface area contributed by atoms with E-state index in [2.05, 4.69) is 26.3 Å². The second kappa shape index (κ2) is 17.3. The molecule has 2 amide bonds. The Morgan fingerprint density at radius 3 is 2.20 bits per heavy atom. The number of rotatable bonds is 17. The molecule has 1 unspecified atom stereocenters. The van der Waals surface area contributed by atoms with Crippen molar-refractivity contribution in [3.8, 4) is 17.2 Å². The molecule has 0 radical (unpaired) electrons. The number of aliphatic carboxylic acids is 1. The smallest absolute Gasteiger partial charge is 0.323 e. The third-order valence-corrected chi connectivity index (χ3v) is 7.54. The molecule has 0 spiro atoms. The Bertz CT molecular complexity index is 1790. The summed E-state index contributed by atoms with van der Waals surface area (Å²) in [5.74, 6) is -0.128. The Labute approximate surface area is 284 Å². The van der Waals surface area contributed by atoms with Gasteiger partial charge in [-0.05, 0) is 66.6 Å². The molecule has 3 aromatic carbocycles. The van der Waals surface area contributed by atoms with Crippen molar-refractivity contribution in [1.82, 2.24) is 10.3 Å². The van der Waals surface area contributed by atoms with Gasteiger partial charge >= 0.3 is 12.0 Å². The van der Waals surface area contributed by atoms with E-state index < -0.39 is 18.0 Å². The van der Waals surface area contributed by atoms with E-state index in [-0.39, 0.29) is 37.5 Å². The number of methoxy groups -OCH3 is 3. The van der Waals surface area contributed by atoms with Crippen molar-refractivity contribution < 1.29 is 38.5 Å². The average molecular weight is 670 g/mol. The highest BCUT2D eigenvalue weighted by Crippen LogP contribution is 2.28. The van der Waals surface area contributed by atoms with Gasteiger partial charge in [0.1, 0.15) is 5.75 Å². The standard InChI is InChI=1S/C36H39N5O8/c1-22-7-5-6-8-27(22)40-36(46)41-29-12-9-23(16-33(29)48-3)15-26(42)20-37-25-11-13-28(38-19-25)30(18-35(44)45)39-21-31(43)24-10-14-32(47-2)34(17-24)49-4/h5-14,16-17,19,30,37,39H,15,18,20-21H2,1-4H3,(H,44,45)(H2,40,41,46). The first kappa shape index (κ1) is 35.9. The van der Waals surface area contributed by atoms with Gasteiger partial charge in [0.15, 0.2) is 23.1 Å². The van der Waals surface area contributed by atoms with Gasteiger partial charge in [-0.1, -0.05) is 24.3 Å². The van der Waals surface area contributed by atoms with Crippen molar-refractivity contribution >= 4 is 40.6 Å². The van der Waals surface area contributed by atoms with Crippen molar-refractivity contribution in [1.29, 1.82) is 0 Å². The van der Waals surface area contributed by atoms with Gasteiger partial charge in [0.25, 0.3) is 0 Å². The van der Waals surface area contributed by atoms with Gasteiger partial charge in [-0.3, -0.25) is 19.4 Å². The van der Waals surface area contributed by atoms with E-state index in [1.165, 1.54) is 27.5 Å². The predicted octanol–water partition coefficient (Wildman–Crippen LogP) is 5.27. The number of carbonyl (C=O) groups is 4. The van der Waals surface area contributed by atoms with Crippen LogP contribution in [-0.2, 0) is 16.0 Å². The molecule has 1 atom stereocenters. The number of pyridine rings is 1. The highest BCUT2D eigenvalue weighted by Gasteiger charge is 2.19. The lowest BCUT2D eigenvalue weighted by Gasteiger charge is -2.17. The molecule has 13 nitrogen and oxygen atoms in total. The molecular weight excluding hydrogens is 630 g/mol. The van der Waals surface area contributed by atoms with Gasteiger partial charge in [0, 0.05) is 17.7 Å². The molecule has 49 heavy (non-hydrogen) atoms. The molecule has 13 heteroatoms. The average Bonchev–Trinajstić information content (AvgIpc) is 3.10. The van der Waals surface area contributed by atoms with E-state index >= 15 is 0 Å². The first-order valence-corrected chi connectivity index (χ1v) is 15.3. The zero-order chi connectivity index (χ0) is 35.3. The van der Waals surface area contributed by atoms with E-state index in [9.17, 15) is 24.3 Å². The Balaban J connectivity index is 1.30. The Morgan fingerprint density at radius 2 is 1.53 bits per heavy atom. The van der Waals surface area contributed by atoms with Crippen molar-refractivity contribution in [2.24, 2.45) is 0 Å². The molecule has 0 aliphatic carbocycles. The van der Waals surface area contributed by atoms with Crippen molar-refractivity contribution in [3.05, 3.63) is 101 Å². The van der Waals surface area contributed by atoms with Crippen LogP contribution < -0.4 is 35.5 Å². The fourth-order valence-electron chi connectivity index (χ4n) is 4.93. The summed E-state index contributed by atoms with van der Waals surface area (Å²) in [4.78, 5) is 54.1. The molecule has 0 bridgehead atoms. The van der Waals surface area contributed by atoms with E-state index in [0.717, 1.165) is 5.56 Å². The molecule has 0 fully saturated rings. The summed E-state index contributed by atoms with van der Waals surface area (Å²) in [7, 11) is 4.45. The van der Waals surface area contributed by atoms with Crippen LogP contribution in [0, 0.1) is 6.92 Å². The summed E-state index contributed by atoms with van der Waals surface area (Å²) < 4.78 is 15.9. The van der Waals surface area contributed by atoms with Crippen molar-refractivity contribution in [2.45, 2.75) is 25.8 Å². The minimum atomic E-state index is -1.06. The van der Waals surface area contributed by atoms with Crippen molar-refractivity contribution in [2.75, 3.05) is 50.4 Å². The molecule has 0 saturated heterocycles. The number of ketones is 2. The quantitative estimate of drug-likeness (QED) is 0.0926. The zero-order valence-corrected chi connectivity index (χ0v) is 27.7. The molecular formula is C36H39N5O8.